The van der Waals surface area contributed by atoms with E-state index in [0.717, 1.165) is 51.3 Å². The molecule has 2 heterocycles. The Hall–Kier alpha value is -0.830. The summed E-state index contributed by atoms with van der Waals surface area (Å²) in [5.74, 6) is 1.49. The van der Waals surface area contributed by atoms with Gasteiger partial charge in [0.2, 0.25) is 5.91 Å². The highest BCUT2D eigenvalue weighted by atomic mass is 127. The fraction of sp³-hybridized carbons (Fsp3) is 0.667. The van der Waals surface area contributed by atoms with Crippen LogP contribution in [0.2, 0.25) is 0 Å². The minimum atomic E-state index is 0. The van der Waals surface area contributed by atoms with E-state index in [0.29, 0.717) is 11.9 Å². The monoisotopic (exact) mass is 476 g/mol. The first-order chi connectivity index (χ1) is 11.8. The van der Waals surface area contributed by atoms with Crippen LogP contribution in [0.15, 0.2) is 21.8 Å². The molecule has 1 aliphatic carbocycles. The first-order valence-electron chi connectivity index (χ1n) is 9.03. The molecule has 7 heteroatoms. The summed E-state index contributed by atoms with van der Waals surface area (Å²) in [5, 5.41) is 11.1. The number of aliphatic imine (C=N–C) groups is 1. The van der Waals surface area contributed by atoms with Gasteiger partial charge in [0.25, 0.3) is 0 Å². The Morgan fingerprint density at radius 2 is 2.16 bits per heavy atom. The Labute approximate surface area is 171 Å². The van der Waals surface area contributed by atoms with Crippen molar-refractivity contribution < 1.29 is 4.79 Å². The first-order valence-corrected chi connectivity index (χ1v) is 9.97. The van der Waals surface area contributed by atoms with Crippen molar-refractivity contribution in [2.45, 2.75) is 44.6 Å². The summed E-state index contributed by atoms with van der Waals surface area (Å²) in [6.07, 6.45) is 6.60. The van der Waals surface area contributed by atoms with Crippen LogP contribution in [0.25, 0.3) is 0 Å². The molecule has 1 aromatic heterocycles. The third kappa shape index (κ3) is 5.84. The van der Waals surface area contributed by atoms with Gasteiger partial charge in [0, 0.05) is 38.6 Å². The number of thiophene rings is 1. The predicted octanol–water partition coefficient (Wildman–Crippen LogP) is 2.86. The van der Waals surface area contributed by atoms with Crippen LogP contribution >= 0.6 is 35.3 Å². The molecule has 2 aliphatic rings. The normalized spacial score (nSPS) is 21.2. The number of hydrogen-bond donors (Lipinski definition) is 2. The van der Waals surface area contributed by atoms with Crippen LogP contribution in [0.4, 0.5) is 0 Å². The quantitative estimate of drug-likeness (QED) is 0.391. The van der Waals surface area contributed by atoms with Gasteiger partial charge in [-0.1, -0.05) is 12.8 Å². The van der Waals surface area contributed by atoms with Crippen LogP contribution in [-0.4, -0.2) is 49.5 Å². The molecule has 0 radical (unpaired) electrons. The SMILES string of the molecule is CN=C(NCCc1ccsc1)NC1CCN(C(=O)C2CCCC2)C1.I. The zero-order valence-electron chi connectivity index (χ0n) is 14.9. The van der Waals surface area contributed by atoms with Gasteiger partial charge in [-0.15, -0.1) is 24.0 Å². The van der Waals surface area contributed by atoms with Gasteiger partial charge in [-0.05, 0) is 48.1 Å². The van der Waals surface area contributed by atoms with Crippen LogP contribution in [-0.2, 0) is 11.2 Å². The molecule has 5 nitrogen and oxygen atoms in total. The van der Waals surface area contributed by atoms with Gasteiger partial charge in [0.15, 0.2) is 5.96 Å². The number of carbonyl (C=O) groups is 1. The fourth-order valence-electron chi connectivity index (χ4n) is 3.66. The lowest BCUT2D eigenvalue weighted by Gasteiger charge is -2.21. The van der Waals surface area contributed by atoms with Crippen LogP contribution in [0.3, 0.4) is 0 Å². The van der Waals surface area contributed by atoms with E-state index < -0.39 is 0 Å². The van der Waals surface area contributed by atoms with Gasteiger partial charge in [-0.3, -0.25) is 9.79 Å². The molecule has 0 spiro atoms. The van der Waals surface area contributed by atoms with E-state index in [2.05, 4.69) is 32.5 Å². The Balaban J connectivity index is 0.00000225. The molecule has 1 saturated heterocycles. The smallest absolute Gasteiger partial charge is 0.225 e. The highest BCUT2D eigenvalue weighted by Crippen LogP contribution is 2.27. The summed E-state index contributed by atoms with van der Waals surface area (Å²) in [6, 6.07) is 2.47. The number of nitrogens with zero attached hydrogens (tertiary/aromatic N) is 2. The largest absolute Gasteiger partial charge is 0.356 e. The van der Waals surface area contributed by atoms with Crippen LogP contribution in [0, 0.1) is 5.92 Å². The standard InChI is InChI=1S/C18H28N4OS.HI/c1-19-18(20-9-6-14-8-11-24-13-14)21-16-7-10-22(12-16)17(23)15-4-2-3-5-15;/h8,11,13,15-16H,2-7,9-10,12H2,1H3,(H2,19,20,21);1H. The van der Waals surface area contributed by atoms with Crippen molar-refractivity contribution in [2.24, 2.45) is 10.9 Å². The summed E-state index contributed by atoms with van der Waals surface area (Å²) in [6.45, 7) is 2.55. The highest BCUT2D eigenvalue weighted by molar-refractivity contribution is 14.0. The highest BCUT2D eigenvalue weighted by Gasteiger charge is 2.32. The average Bonchev–Trinajstić information content (AvgIpc) is 3.34. The third-order valence-corrected chi connectivity index (χ3v) is 5.79. The van der Waals surface area contributed by atoms with Crippen LogP contribution < -0.4 is 10.6 Å². The number of guanidine groups is 1. The van der Waals surface area contributed by atoms with Crippen molar-refractivity contribution in [1.82, 2.24) is 15.5 Å². The van der Waals surface area contributed by atoms with Gasteiger partial charge < -0.3 is 15.5 Å². The van der Waals surface area contributed by atoms with E-state index in [-0.39, 0.29) is 29.9 Å². The molecule has 2 fully saturated rings. The van der Waals surface area contributed by atoms with Crippen molar-refractivity contribution >= 4 is 47.2 Å². The van der Waals surface area contributed by atoms with Gasteiger partial charge in [0.05, 0.1) is 0 Å². The summed E-state index contributed by atoms with van der Waals surface area (Å²) in [4.78, 5) is 18.9. The third-order valence-electron chi connectivity index (χ3n) is 5.06. The fourth-order valence-corrected chi connectivity index (χ4v) is 4.36. The van der Waals surface area contributed by atoms with E-state index in [4.69, 9.17) is 0 Å². The number of hydrogen-bond acceptors (Lipinski definition) is 3. The minimum Gasteiger partial charge on any atom is -0.356 e. The second-order valence-electron chi connectivity index (χ2n) is 6.78. The lowest BCUT2D eigenvalue weighted by molar-refractivity contribution is -0.134. The number of rotatable bonds is 5. The lowest BCUT2D eigenvalue weighted by atomic mass is 10.1. The molecule has 1 aliphatic heterocycles. The molecule has 25 heavy (non-hydrogen) atoms. The average molecular weight is 476 g/mol. The van der Waals surface area contributed by atoms with E-state index in [1.807, 2.05) is 4.90 Å². The molecular formula is C18H29IN4OS. The Morgan fingerprint density at radius 1 is 1.36 bits per heavy atom. The molecule has 140 valence electrons. The van der Waals surface area contributed by atoms with Crippen molar-refractivity contribution in [3.63, 3.8) is 0 Å². The molecule has 0 bridgehead atoms. The van der Waals surface area contributed by atoms with E-state index >= 15 is 0 Å². The molecule has 2 N–H and O–H groups in total. The Morgan fingerprint density at radius 3 is 2.84 bits per heavy atom. The van der Waals surface area contributed by atoms with Crippen molar-refractivity contribution in [3.8, 4) is 0 Å². The molecule has 1 amide bonds. The van der Waals surface area contributed by atoms with Crippen LogP contribution in [0.1, 0.15) is 37.7 Å². The summed E-state index contributed by atoms with van der Waals surface area (Å²) >= 11 is 1.73. The van der Waals surface area contributed by atoms with Crippen molar-refractivity contribution in [3.05, 3.63) is 22.4 Å². The van der Waals surface area contributed by atoms with Gasteiger partial charge >= 0.3 is 0 Å². The lowest BCUT2D eigenvalue weighted by Crippen LogP contribution is -2.45. The minimum absolute atomic E-state index is 0. The second kappa shape index (κ2) is 10.4. The van der Waals surface area contributed by atoms with E-state index in [1.54, 1.807) is 18.4 Å². The zero-order valence-corrected chi connectivity index (χ0v) is 18.0. The zero-order chi connectivity index (χ0) is 16.8. The Kier molecular flexibility index (Phi) is 8.48. The summed E-state index contributed by atoms with van der Waals surface area (Å²) in [5.41, 5.74) is 1.36. The van der Waals surface area contributed by atoms with Crippen molar-refractivity contribution in [1.29, 1.82) is 0 Å². The van der Waals surface area contributed by atoms with Crippen molar-refractivity contribution in [2.75, 3.05) is 26.7 Å². The number of carbonyl (C=O) groups excluding carboxylic acids is 1. The van der Waals surface area contributed by atoms with E-state index in [1.165, 1.54) is 18.4 Å². The molecule has 1 aromatic rings. The molecule has 1 unspecified atom stereocenters. The number of halogens is 1. The number of likely N-dealkylation sites (tertiary alicyclic amines) is 1. The number of amides is 1. The molecule has 0 aromatic carbocycles. The second-order valence-corrected chi connectivity index (χ2v) is 7.56. The first kappa shape index (κ1) is 20.5. The summed E-state index contributed by atoms with van der Waals surface area (Å²) in [7, 11) is 1.80. The van der Waals surface area contributed by atoms with E-state index in [9.17, 15) is 4.79 Å². The maximum Gasteiger partial charge on any atom is 0.225 e. The maximum absolute atomic E-state index is 12.5. The maximum atomic E-state index is 12.5. The topological polar surface area (TPSA) is 56.7 Å². The molecular weight excluding hydrogens is 447 g/mol. The molecule has 1 saturated carbocycles. The number of nitrogens with one attached hydrogen (secondary N) is 2. The molecule has 1 atom stereocenters. The van der Waals surface area contributed by atoms with Crippen LogP contribution in [0.5, 0.6) is 0 Å². The van der Waals surface area contributed by atoms with Gasteiger partial charge in [-0.2, -0.15) is 11.3 Å². The van der Waals surface area contributed by atoms with Gasteiger partial charge in [0.1, 0.15) is 0 Å². The van der Waals surface area contributed by atoms with Gasteiger partial charge in [-0.25, -0.2) is 0 Å². The predicted molar refractivity (Wildman–Crippen MR) is 115 cm³/mol. The molecule has 3 rings (SSSR count). The summed E-state index contributed by atoms with van der Waals surface area (Å²) < 4.78 is 0. The Bertz CT molecular complexity index is 557.